The van der Waals surface area contributed by atoms with Gasteiger partial charge < -0.3 is 9.47 Å². The van der Waals surface area contributed by atoms with Crippen LogP contribution in [0.1, 0.15) is 0 Å². The summed E-state index contributed by atoms with van der Waals surface area (Å²) in [7, 11) is 3.09. The first kappa shape index (κ1) is 12.3. The maximum absolute atomic E-state index is 5.33. The molecular formula is C15H13N3O2. The lowest BCUT2D eigenvalue weighted by atomic mass is 10.0. The Bertz CT molecular complexity index is 754. The monoisotopic (exact) mass is 267 g/mol. The Kier molecular flexibility index (Phi) is 3.16. The van der Waals surface area contributed by atoms with E-state index in [0.717, 1.165) is 22.0 Å². The van der Waals surface area contributed by atoms with Crippen molar-refractivity contribution in [3.8, 4) is 23.0 Å². The molecule has 0 saturated carbocycles. The summed E-state index contributed by atoms with van der Waals surface area (Å²) in [5.74, 6) is 0.468. The fraction of sp³-hybridized carbons (Fsp3) is 0.133. The van der Waals surface area contributed by atoms with Crippen molar-refractivity contribution in [1.29, 1.82) is 0 Å². The van der Waals surface area contributed by atoms with E-state index in [1.54, 1.807) is 19.5 Å². The summed E-state index contributed by atoms with van der Waals surface area (Å²) >= 11 is 0. The molecule has 0 N–H and O–H groups in total. The van der Waals surface area contributed by atoms with E-state index >= 15 is 0 Å². The summed E-state index contributed by atoms with van der Waals surface area (Å²) in [6.45, 7) is 0. The number of hydrogen-bond donors (Lipinski definition) is 0. The molecule has 100 valence electrons. The molecule has 0 radical (unpaired) electrons. The van der Waals surface area contributed by atoms with Crippen molar-refractivity contribution in [3.63, 3.8) is 0 Å². The highest BCUT2D eigenvalue weighted by atomic mass is 16.5. The third-order valence-corrected chi connectivity index (χ3v) is 3.03. The van der Waals surface area contributed by atoms with Crippen LogP contribution in [0.5, 0.6) is 11.9 Å². The standard InChI is InChI=1S/C15H13N3O2/c1-19-14-12(9-17-15(18-14)20-2)11-7-3-5-10-6-4-8-16-13(10)11/h3-9H,1-2H3. The zero-order chi connectivity index (χ0) is 13.9. The molecule has 2 heterocycles. The van der Waals surface area contributed by atoms with Crippen LogP contribution in [0.3, 0.4) is 0 Å². The first-order chi connectivity index (χ1) is 9.83. The summed E-state index contributed by atoms with van der Waals surface area (Å²) in [4.78, 5) is 12.8. The molecule has 20 heavy (non-hydrogen) atoms. The van der Waals surface area contributed by atoms with Crippen molar-refractivity contribution >= 4 is 10.9 Å². The Morgan fingerprint density at radius 2 is 1.75 bits per heavy atom. The number of fused-ring (bicyclic) bond motifs is 1. The fourth-order valence-electron chi connectivity index (χ4n) is 2.11. The molecule has 0 unspecified atom stereocenters. The molecule has 3 aromatic rings. The molecule has 0 saturated heterocycles. The topological polar surface area (TPSA) is 57.1 Å². The van der Waals surface area contributed by atoms with Gasteiger partial charge in [0.1, 0.15) is 0 Å². The molecule has 0 amide bonds. The minimum absolute atomic E-state index is 0.277. The maximum Gasteiger partial charge on any atom is 0.319 e. The van der Waals surface area contributed by atoms with Gasteiger partial charge >= 0.3 is 6.01 Å². The number of hydrogen-bond acceptors (Lipinski definition) is 5. The van der Waals surface area contributed by atoms with Crippen LogP contribution < -0.4 is 9.47 Å². The highest BCUT2D eigenvalue weighted by molar-refractivity contribution is 5.94. The molecule has 1 aromatic carbocycles. The number of benzene rings is 1. The second-order valence-corrected chi connectivity index (χ2v) is 4.16. The minimum atomic E-state index is 0.277. The fourth-order valence-corrected chi connectivity index (χ4v) is 2.11. The predicted octanol–water partition coefficient (Wildman–Crippen LogP) is 2.71. The number of aromatic nitrogens is 3. The van der Waals surface area contributed by atoms with Crippen LogP contribution in [0.25, 0.3) is 22.0 Å². The first-order valence-electron chi connectivity index (χ1n) is 6.12. The average molecular weight is 267 g/mol. The van der Waals surface area contributed by atoms with Crippen molar-refractivity contribution < 1.29 is 9.47 Å². The van der Waals surface area contributed by atoms with Crippen LogP contribution >= 0.6 is 0 Å². The summed E-state index contributed by atoms with van der Waals surface area (Å²) in [6.07, 6.45) is 3.46. The molecule has 0 spiro atoms. The maximum atomic E-state index is 5.33. The van der Waals surface area contributed by atoms with Crippen molar-refractivity contribution in [3.05, 3.63) is 42.7 Å². The van der Waals surface area contributed by atoms with Gasteiger partial charge in [0.25, 0.3) is 0 Å². The Balaban J connectivity index is 2.25. The Morgan fingerprint density at radius 1 is 0.900 bits per heavy atom. The molecule has 3 rings (SSSR count). The third-order valence-electron chi connectivity index (χ3n) is 3.03. The average Bonchev–Trinajstić information content (AvgIpc) is 2.53. The Morgan fingerprint density at radius 3 is 2.55 bits per heavy atom. The van der Waals surface area contributed by atoms with Gasteiger partial charge in [-0.25, -0.2) is 4.98 Å². The van der Waals surface area contributed by atoms with Crippen LogP contribution in [0.2, 0.25) is 0 Å². The molecule has 2 aromatic heterocycles. The van der Waals surface area contributed by atoms with E-state index in [1.807, 2.05) is 30.3 Å². The smallest absolute Gasteiger partial charge is 0.319 e. The number of nitrogens with zero attached hydrogens (tertiary/aromatic N) is 3. The Hall–Kier alpha value is -2.69. The van der Waals surface area contributed by atoms with Gasteiger partial charge in [0.15, 0.2) is 0 Å². The lowest BCUT2D eigenvalue weighted by Crippen LogP contribution is -1.98. The summed E-state index contributed by atoms with van der Waals surface area (Å²) in [6, 6.07) is 10.2. The zero-order valence-corrected chi connectivity index (χ0v) is 11.2. The predicted molar refractivity (Wildman–Crippen MR) is 75.9 cm³/mol. The normalized spacial score (nSPS) is 10.5. The molecule has 0 bridgehead atoms. The molecule has 0 atom stereocenters. The molecule has 0 aliphatic carbocycles. The SMILES string of the molecule is COc1ncc(-c2cccc3cccnc23)c(OC)n1. The van der Waals surface area contributed by atoms with Gasteiger partial charge in [-0.15, -0.1) is 0 Å². The van der Waals surface area contributed by atoms with E-state index in [-0.39, 0.29) is 6.01 Å². The number of rotatable bonds is 3. The van der Waals surface area contributed by atoms with Crippen LogP contribution in [-0.2, 0) is 0 Å². The van der Waals surface area contributed by atoms with Gasteiger partial charge in [0.2, 0.25) is 5.88 Å². The molecular weight excluding hydrogens is 254 g/mol. The van der Waals surface area contributed by atoms with E-state index in [0.29, 0.717) is 5.88 Å². The lowest BCUT2D eigenvalue weighted by molar-refractivity contribution is 0.353. The summed E-state index contributed by atoms with van der Waals surface area (Å²) < 4.78 is 10.3. The molecule has 5 nitrogen and oxygen atoms in total. The third kappa shape index (κ3) is 2.03. The summed E-state index contributed by atoms with van der Waals surface area (Å²) in [5.41, 5.74) is 2.61. The van der Waals surface area contributed by atoms with Gasteiger partial charge in [-0.1, -0.05) is 24.3 Å². The van der Waals surface area contributed by atoms with Crippen LogP contribution in [0, 0.1) is 0 Å². The van der Waals surface area contributed by atoms with Crippen molar-refractivity contribution in [1.82, 2.24) is 15.0 Å². The highest BCUT2D eigenvalue weighted by Crippen LogP contribution is 2.32. The molecule has 0 aliphatic heterocycles. The van der Waals surface area contributed by atoms with E-state index in [9.17, 15) is 0 Å². The largest absolute Gasteiger partial charge is 0.480 e. The van der Waals surface area contributed by atoms with Gasteiger partial charge in [-0.05, 0) is 6.07 Å². The van der Waals surface area contributed by atoms with Gasteiger partial charge in [0.05, 0.1) is 25.3 Å². The van der Waals surface area contributed by atoms with Crippen LogP contribution in [0.15, 0.2) is 42.7 Å². The molecule has 5 heteroatoms. The minimum Gasteiger partial charge on any atom is -0.480 e. The lowest BCUT2D eigenvalue weighted by Gasteiger charge is -2.10. The van der Waals surface area contributed by atoms with Gasteiger partial charge in [-0.3, -0.25) is 4.98 Å². The number of ether oxygens (including phenoxy) is 2. The second-order valence-electron chi connectivity index (χ2n) is 4.16. The molecule has 0 aliphatic rings. The highest BCUT2D eigenvalue weighted by Gasteiger charge is 2.13. The number of pyridine rings is 1. The van der Waals surface area contributed by atoms with Gasteiger partial charge in [0, 0.05) is 23.3 Å². The first-order valence-corrected chi connectivity index (χ1v) is 6.12. The molecule has 0 fully saturated rings. The van der Waals surface area contributed by atoms with Crippen LogP contribution in [0.4, 0.5) is 0 Å². The van der Waals surface area contributed by atoms with Crippen molar-refractivity contribution in [2.45, 2.75) is 0 Å². The van der Waals surface area contributed by atoms with E-state index < -0.39 is 0 Å². The van der Waals surface area contributed by atoms with Crippen molar-refractivity contribution in [2.24, 2.45) is 0 Å². The van der Waals surface area contributed by atoms with E-state index in [4.69, 9.17) is 9.47 Å². The Labute approximate surface area is 116 Å². The number of para-hydroxylation sites is 1. The number of methoxy groups -OCH3 is 2. The van der Waals surface area contributed by atoms with Crippen molar-refractivity contribution in [2.75, 3.05) is 14.2 Å². The van der Waals surface area contributed by atoms with E-state index in [2.05, 4.69) is 15.0 Å². The summed E-state index contributed by atoms with van der Waals surface area (Å²) in [5, 5.41) is 1.06. The quantitative estimate of drug-likeness (QED) is 0.730. The van der Waals surface area contributed by atoms with Gasteiger partial charge in [-0.2, -0.15) is 4.98 Å². The van der Waals surface area contributed by atoms with E-state index in [1.165, 1.54) is 7.11 Å². The van der Waals surface area contributed by atoms with Crippen LogP contribution in [-0.4, -0.2) is 29.2 Å². The zero-order valence-electron chi connectivity index (χ0n) is 11.2. The second kappa shape index (κ2) is 5.13.